The summed E-state index contributed by atoms with van der Waals surface area (Å²) in [6, 6.07) is 26.2. The molecule has 0 spiro atoms. The van der Waals surface area contributed by atoms with Gasteiger partial charge in [0.1, 0.15) is 11.4 Å². The fourth-order valence-corrected chi connectivity index (χ4v) is 3.73. The van der Waals surface area contributed by atoms with E-state index in [1.165, 1.54) is 0 Å². The highest BCUT2D eigenvalue weighted by atomic mass is 16.5. The van der Waals surface area contributed by atoms with Gasteiger partial charge in [0, 0.05) is 5.57 Å². The summed E-state index contributed by atoms with van der Waals surface area (Å²) in [6.45, 7) is 1.88. The van der Waals surface area contributed by atoms with Gasteiger partial charge < -0.3 is 9.84 Å². The van der Waals surface area contributed by atoms with Crippen molar-refractivity contribution in [1.82, 2.24) is 0 Å². The van der Waals surface area contributed by atoms with Crippen LogP contribution >= 0.6 is 0 Å². The van der Waals surface area contributed by atoms with Crippen molar-refractivity contribution >= 4 is 11.1 Å². The fraction of sp³-hybridized carbons (Fsp3) is 0.130. The molecule has 25 heavy (non-hydrogen) atoms. The summed E-state index contributed by atoms with van der Waals surface area (Å²) in [4.78, 5) is 0. The van der Waals surface area contributed by atoms with Crippen molar-refractivity contribution in [2.24, 2.45) is 0 Å². The molecule has 0 aromatic heterocycles. The molecule has 1 unspecified atom stereocenters. The van der Waals surface area contributed by atoms with E-state index in [0.717, 1.165) is 39.1 Å². The third-order valence-corrected chi connectivity index (χ3v) is 4.90. The van der Waals surface area contributed by atoms with Crippen molar-refractivity contribution in [1.29, 1.82) is 0 Å². The average Bonchev–Trinajstić information content (AvgIpc) is 2.90. The van der Waals surface area contributed by atoms with Crippen LogP contribution in [0.15, 0.2) is 78.9 Å². The van der Waals surface area contributed by atoms with Crippen LogP contribution in [-0.2, 0) is 5.60 Å². The molecule has 0 fully saturated rings. The van der Waals surface area contributed by atoms with E-state index in [0.29, 0.717) is 0 Å². The first kappa shape index (κ1) is 15.7. The molecule has 2 nitrogen and oxygen atoms in total. The first-order chi connectivity index (χ1) is 12.1. The Morgan fingerprint density at radius 2 is 1.40 bits per heavy atom. The molecular weight excluding hydrogens is 308 g/mol. The predicted octanol–water partition coefficient (Wildman–Crippen LogP) is 4.88. The van der Waals surface area contributed by atoms with Gasteiger partial charge in [-0.2, -0.15) is 0 Å². The van der Waals surface area contributed by atoms with Crippen molar-refractivity contribution < 1.29 is 9.84 Å². The molecule has 0 aliphatic heterocycles. The number of methoxy groups -OCH3 is 1. The lowest BCUT2D eigenvalue weighted by Crippen LogP contribution is -2.20. The highest BCUT2D eigenvalue weighted by molar-refractivity contribution is 6.06. The van der Waals surface area contributed by atoms with Crippen LogP contribution < -0.4 is 4.74 Å². The number of rotatable bonds is 3. The quantitative estimate of drug-likeness (QED) is 0.743. The summed E-state index contributed by atoms with van der Waals surface area (Å²) >= 11 is 0. The maximum Gasteiger partial charge on any atom is 0.118 e. The van der Waals surface area contributed by atoms with Gasteiger partial charge in [-0.15, -0.1) is 0 Å². The number of aliphatic hydroxyl groups is 1. The van der Waals surface area contributed by atoms with Crippen LogP contribution in [-0.4, -0.2) is 12.2 Å². The zero-order chi connectivity index (χ0) is 17.4. The molecule has 1 N–H and O–H groups in total. The van der Waals surface area contributed by atoms with Crippen LogP contribution in [0, 0.1) is 0 Å². The van der Waals surface area contributed by atoms with Crippen molar-refractivity contribution in [2.75, 3.05) is 7.11 Å². The largest absolute Gasteiger partial charge is 0.497 e. The minimum Gasteiger partial charge on any atom is -0.497 e. The molecule has 0 heterocycles. The summed E-state index contributed by atoms with van der Waals surface area (Å²) in [5.74, 6) is 0.823. The van der Waals surface area contributed by atoms with Crippen LogP contribution in [0.1, 0.15) is 29.2 Å². The smallest absolute Gasteiger partial charge is 0.118 e. The Kier molecular flexibility index (Phi) is 3.70. The predicted molar refractivity (Wildman–Crippen MR) is 101 cm³/mol. The normalized spacial score (nSPS) is 19.0. The fourth-order valence-electron chi connectivity index (χ4n) is 3.73. The molecule has 0 radical (unpaired) electrons. The van der Waals surface area contributed by atoms with Gasteiger partial charge in [0.15, 0.2) is 0 Å². The van der Waals surface area contributed by atoms with Crippen LogP contribution in [0.4, 0.5) is 0 Å². The zero-order valence-corrected chi connectivity index (χ0v) is 14.4. The Morgan fingerprint density at radius 1 is 0.760 bits per heavy atom. The Hall–Kier alpha value is -2.84. The molecule has 0 amide bonds. The molecule has 0 saturated heterocycles. The van der Waals surface area contributed by atoms with Gasteiger partial charge in [-0.25, -0.2) is 0 Å². The highest BCUT2D eigenvalue weighted by Crippen LogP contribution is 2.51. The zero-order valence-electron chi connectivity index (χ0n) is 14.4. The van der Waals surface area contributed by atoms with E-state index in [2.05, 4.69) is 30.3 Å². The van der Waals surface area contributed by atoms with Gasteiger partial charge in [-0.1, -0.05) is 66.7 Å². The molecule has 1 aliphatic carbocycles. The monoisotopic (exact) mass is 328 g/mol. The molecule has 1 atom stereocenters. The highest BCUT2D eigenvalue weighted by Gasteiger charge is 2.40. The topological polar surface area (TPSA) is 29.5 Å². The Morgan fingerprint density at radius 3 is 2.08 bits per heavy atom. The van der Waals surface area contributed by atoms with Crippen LogP contribution in [0.3, 0.4) is 0 Å². The van der Waals surface area contributed by atoms with Gasteiger partial charge in [0.2, 0.25) is 0 Å². The Labute approximate surface area is 148 Å². The minimum absolute atomic E-state index is 0.823. The number of benzene rings is 3. The van der Waals surface area contributed by atoms with Crippen molar-refractivity contribution in [3.05, 3.63) is 101 Å². The molecule has 4 rings (SSSR count). The van der Waals surface area contributed by atoms with Gasteiger partial charge in [-0.05, 0) is 46.9 Å². The lowest BCUT2D eigenvalue weighted by molar-refractivity contribution is 0.125. The number of hydrogen-bond acceptors (Lipinski definition) is 2. The average molecular weight is 328 g/mol. The summed E-state index contributed by atoms with van der Waals surface area (Å²) in [6.07, 6.45) is 0. The van der Waals surface area contributed by atoms with E-state index < -0.39 is 5.60 Å². The molecule has 0 saturated carbocycles. The van der Waals surface area contributed by atoms with Crippen molar-refractivity contribution in [3.8, 4) is 5.75 Å². The van der Waals surface area contributed by atoms with E-state index >= 15 is 0 Å². The van der Waals surface area contributed by atoms with Crippen LogP contribution in [0.25, 0.3) is 11.1 Å². The first-order valence-electron chi connectivity index (χ1n) is 8.40. The minimum atomic E-state index is -1.03. The Balaban J connectivity index is 2.02. The van der Waals surface area contributed by atoms with Crippen molar-refractivity contribution in [3.63, 3.8) is 0 Å². The third kappa shape index (κ3) is 2.46. The van der Waals surface area contributed by atoms with Gasteiger partial charge in [0.05, 0.1) is 7.11 Å². The molecule has 3 aromatic rings. The van der Waals surface area contributed by atoms with Gasteiger partial charge in [0.25, 0.3) is 0 Å². The standard InChI is InChI=1S/C23H20O2/c1-23(24)20-11-7-6-10-19(20)21(16-12-14-18(25-2)15-13-16)22(23)17-8-4-3-5-9-17/h3-15,24H,1-2H3. The lowest BCUT2D eigenvalue weighted by Gasteiger charge is -2.24. The number of hydrogen-bond donors (Lipinski definition) is 1. The first-order valence-corrected chi connectivity index (χ1v) is 8.40. The molecule has 0 bridgehead atoms. The van der Waals surface area contributed by atoms with Crippen LogP contribution in [0.5, 0.6) is 5.75 Å². The summed E-state index contributed by atoms with van der Waals surface area (Å²) in [5, 5.41) is 11.4. The van der Waals surface area contributed by atoms with Crippen molar-refractivity contribution in [2.45, 2.75) is 12.5 Å². The van der Waals surface area contributed by atoms with Gasteiger partial charge >= 0.3 is 0 Å². The number of ether oxygens (including phenoxy) is 1. The SMILES string of the molecule is COc1ccc(C2=C(c3ccccc3)C(C)(O)c3ccccc32)cc1. The van der Waals surface area contributed by atoms with Crippen LogP contribution in [0.2, 0.25) is 0 Å². The third-order valence-electron chi connectivity index (χ3n) is 4.90. The lowest BCUT2D eigenvalue weighted by atomic mass is 9.87. The van der Waals surface area contributed by atoms with E-state index in [1.807, 2.05) is 55.5 Å². The Bertz CT molecular complexity index is 935. The summed E-state index contributed by atoms with van der Waals surface area (Å²) in [5.41, 5.74) is 5.12. The molecule has 124 valence electrons. The summed E-state index contributed by atoms with van der Waals surface area (Å²) in [7, 11) is 1.67. The maximum atomic E-state index is 11.4. The second-order valence-electron chi connectivity index (χ2n) is 6.46. The molecule has 2 heteroatoms. The molecular formula is C23H20O2. The van der Waals surface area contributed by atoms with E-state index in [1.54, 1.807) is 7.11 Å². The maximum absolute atomic E-state index is 11.4. The molecule has 3 aromatic carbocycles. The van der Waals surface area contributed by atoms with Gasteiger partial charge in [-0.3, -0.25) is 0 Å². The number of fused-ring (bicyclic) bond motifs is 1. The van der Waals surface area contributed by atoms with E-state index in [-0.39, 0.29) is 0 Å². The second-order valence-corrected chi connectivity index (χ2v) is 6.46. The second kappa shape index (κ2) is 5.91. The van der Waals surface area contributed by atoms with E-state index in [9.17, 15) is 5.11 Å². The molecule has 1 aliphatic rings. The summed E-state index contributed by atoms with van der Waals surface area (Å²) < 4.78 is 5.29. The van der Waals surface area contributed by atoms with E-state index in [4.69, 9.17) is 4.74 Å².